The molecule has 3 aromatic rings. The molecule has 0 bridgehead atoms. The Hall–Kier alpha value is -4.94. The van der Waals surface area contributed by atoms with Crippen molar-refractivity contribution in [3.05, 3.63) is 89.0 Å². The number of fused-ring (bicyclic) bond motifs is 3. The van der Waals surface area contributed by atoms with E-state index in [1.54, 1.807) is 32.0 Å². The number of nitrogens with one attached hydrogen (secondary N) is 3. The van der Waals surface area contributed by atoms with E-state index in [1.807, 2.05) is 55.5 Å². The van der Waals surface area contributed by atoms with Crippen LogP contribution in [0.25, 0.3) is 11.1 Å². The fourth-order valence-corrected chi connectivity index (χ4v) is 5.51. The Balaban J connectivity index is 1.49. The highest BCUT2D eigenvalue weighted by Gasteiger charge is 2.32. The van der Waals surface area contributed by atoms with E-state index in [0.29, 0.717) is 29.8 Å². The first-order valence-electron chi connectivity index (χ1n) is 15.8. The summed E-state index contributed by atoms with van der Waals surface area (Å²) in [4.78, 5) is 52.3. The Bertz CT molecular complexity index is 1550. The number of primary amides is 1. The fourth-order valence-electron chi connectivity index (χ4n) is 5.51. The van der Waals surface area contributed by atoms with Crippen molar-refractivity contribution in [1.29, 1.82) is 0 Å². The molecule has 0 saturated carbocycles. The second kappa shape index (κ2) is 16.1. The van der Waals surface area contributed by atoms with Gasteiger partial charge in [-0.2, -0.15) is 0 Å². The highest BCUT2D eigenvalue weighted by atomic mass is 16.6. The first-order chi connectivity index (χ1) is 22.5. The van der Waals surface area contributed by atoms with Gasteiger partial charge in [0.05, 0.1) is 12.6 Å². The molecule has 12 heteroatoms. The van der Waals surface area contributed by atoms with E-state index < -0.39 is 42.1 Å². The van der Waals surface area contributed by atoms with Gasteiger partial charge in [0, 0.05) is 36.4 Å². The summed E-state index contributed by atoms with van der Waals surface area (Å²) in [6.45, 7) is 5.85. The molecule has 0 aliphatic heterocycles. The van der Waals surface area contributed by atoms with Gasteiger partial charge < -0.3 is 42.2 Å². The number of ether oxygens (including phenoxy) is 1. The van der Waals surface area contributed by atoms with Crippen molar-refractivity contribution in [2.45, 2.75) is 65.0 Å². The lowest BCUT2D eigenvalue weighted by Gasteiger charge is -2.25. The number of carbonyl (C=O) groups is 4. The molecule has 0 radical (unpaired) electrons. The van der Waals surface area contributed by atoms with Gasteiger partial charge in [-0.3, -0.25) is 9.59 Å². The topological polar surface area (TPSA) is 189 Å². The zero-order valence-corrected chi connectivity index (χ0v) is 27.0. The molecule has 8 N–H and O–H groups in total. The third-order valence-electron chi connectivity index (χ3n) is 8.26. The summed E-state index contributed by atoms with van der Waals surface area (Å²) in [5.41, 5.74) is 16.6. The number of rotatable bonds is 14. The Morgan fingerprint density at radius 3 is 2.15 bits per heavy atom. The molecule has 3 aromatic carbocycles. The van der Waals surface area contributed by atoms with Crippen molar-refractivity contribution >= 4 is 29.6 Å². The standard InChI is InChI=1S/C35H44N6O6/c1-4-41(35(46)47-31-27-12-7-5-10-25(27)26-11-6-8-13-28(26)31)19-23-18-24(16-15-22(23)20-42)39-32(43)29(14-9-17-38-34(37)45)40-33(44)30(36)21(2)3/h5-8,10-13,15-16,18,21,29-31,42H,4,9,14,17,19-20,36H2,1-3H3,(H,39,43)(H,40,44)(H3,37,38,45)/t29-,30-/m0/s1. The molecule has 2 atom stereocenters. The predicted octanol–water partition coefficient (Wildman–Crippen LogP) is 3.76. The van der Waals surface area contributed by atoms with Crippen LogP contribution in [0.5, 0.6) is 0 Å². The van der Waals surface area contributed by atoms with E-state index in [9.17, 15) is 24.3 Å². The lowest BCUT2D eigenvalue weighted by atomic mass is 10.0. The summed E-state index contributed by atoms with van der Waals surface area (Å²) in [7, 11) is 0. The van der Waals surface area contributed by atoms with Crippen LogP contribution < -0.4 is 27.4 Å². The first kappa shape index (κ1) is 34.9. The van der Waals surface area contributed by atoms with Crippen LogP contribution in [0.2, 0.25) is 0 Å². The quantitative estimate of drug-likeness (QED) is 0.144. The molecule has 12 nitrogen and oxygen atoms in total. The third-order valence-corrected chi connectivity index (χ3v) is 8.26. The van der Waals surface area contributed by atoms with E-state index in [1.165, 1.54) is 4.90 Å². The van der Waals surface area contributed by atoms with Crippen molar-refractivity contribution in [3.63, 3.8) is 0 Å². The van der Waals surface area contributed by atoms with Crippen molar-refractivity contribution in [1.82, 2.24) is 15.5 Å². The molecule has 5 amide bonds. The minimum Gasteiger partial charge on any atom is -0.436 e. The summed E-state index contributed by atoms with van der Waals surface area (Å²) in [6.07, 6.45) is -0.485. The van der Waals surface area contributed by atoms with Gasteiger partial charge in [-0.15, -0.1) is 0 Å². The second-order valence-electron chi connectivity index (χ2n) is 11.8. The molecule has 0 saturated heterocycles. The number of aliphatic hydroxyl groups excluding tert-OH is 1. The summed E-state index contributed by atoms with van der Waals surface area (Å²) in [5, 5.41) is 18.1. The van der Waals surface area contributed by atoms with Gasteiger partial charge in [-0.05, 0) is 60.1 Å². The Kier molecular flexibility index (Phi) is 11.9. The van der Waals surface area contributed by atoms with Crippen molar-refractivity contribution < 1.29 is 29.0 Å². The van der Waals surface area contributed by atoms with E-state index in [-0.39, 0.29) is 32.0 Å². The average Bonchev–Trinajstić information content (AvgIpc) is 3.37. The lowest BCUT2D eigenvalue weighted by Crippen LogP contribution is -2.51. The van der Waals surface area contributed by atoms with Crippen LogP contribution in [0.15, 0.2) is 66.7 Å². The average molecular weight is 645 g/mol. The first-order valence-corrected chi connectivity index (χ1v) is 15.8. The van der Waals surface area contributed by atoms with Crippen LogP contribution in [0.4, 0.5) is 15.3 Å². The maximum atomic E-state index is 13.6. The number of aliphatic hydroxyl groups is 1. The monoisotopic (exact) mass is 644 g/mol. The van der Waals surface area contributed by atoms with Crippen LogP contribution in [-0.2, 0) is 27.5 Å². The number of amides is 5. The minimum absolute atomic E-state index is 0.118. The molecule has 0 fully saturated rings. The van der Waals surface area contributed by atoms with Crippen LogP contribution in [0.3, 0.4) is 0 Å². The Labute approximate surface area is 274 Å². The van der Waals surface area contributed by atoms with Gasteiger partial charge in [0.15, 0.2) is 6.10 Å². The van der Waals surface area contributed by atoms with Gasteiger partial charge in [-0.25, -0.2) is 9.59 Å². The van der Waals surface area contributed by atoms with E-state index in [4.69, 9.17) is 16.2 Å². The Morgan fingerprint density at radius 2 is 1.57 bits per heavy atom. The molecule has 1 aliphatic carbocycles. The number of carbonyl (C=O) groups excluding carboxylic acids is 4. The molecule has 47 heavy (non-hydrogen) atoms. The van der Waals surface area contributed by atoms with Gasteiger partial charge in [0.25, 0.3) is 0 Å². The molecule has 250 valence electrons. The van der Waals surface area contributed by atoms with Crippen LogP contribution in [0, 0.1) is 5.92 Å². The molecule has 0 spiro atoms. The maximum absolute atomic E-state index is 13.6. The minimum atomic E-state index is -0.942. The number of anilines is 1. The van der Waals surface area contributed by atoms with E-state index >= 15 is 0 Å². The van der Waals surface area contributed by atoms with Crippen LogP contribution in [-0.4, -0.2) is 59.1 Å². The van der Waals surface area contributed by atoms with Crippen molar-refractivity contribution in [2.24, 2.45) is 17.4 Å². The van der Waals surface area contributed by atoms with Crippen molar-refractivity contribution in [3.8, 4) is 11.1 Å². The summed E-state index contributed by atoms with van der Waals surface area (Å²) in [5.74, 6) is -1.10. The smallest absolute Gasteiger partial charge is 0.411 e. The highest BCUT2D eigenvalue weighted by molar-refractivity contribution is 5.98. The number of benzene rings is 3. The van der Waals surface area contributed by atoms with Gasteiger partial charge in [0.1, 0.15) is 6.04 Å². The SMILES string of the molecule is CCN(Cc1cc(NC(=O)[C@H](CCCNC(N)=O)NC(=O)[C@@H](N)C(C)C)ccc1CO)C(=O)OC1c2ccccc2-c2ccccc21. The zero-order valence-electron chi connectivity index (χ0n) is 27.0. The highest BCUT2D eigenvalue weighted by Crippen LogP contribution is 2.45. The summed E-state index contributed by atoms with van der Waals surface area (Å²) < 4.78 is 6.09. The molecular formula is C35H44N6O6. The van der Waals surface area contributed by atoms with E-state index in [0.717, 1.165) is 22.3 Å². The van der Waals surface area contributed by atoms with Gasteiger partial charge in [-0.1, -0.05) is 68.4 Å². The number of urea groups is 1. The normalized spacial score (nSPS) is 13.2. The van der Waals surface area contributed by atoms with Crippen LogP contribution in [0.1, 0.15) is 62.0 Å². The molecule has 1 aliphatic rings. The third kappa shape index (κ3) is 8.66. The zero-order chi connectivity index (χ0) is 34.1. The lowest BCUT2D eigenvalue weighted by molar-refractivity contribution is -0.128. The molecule has 0 heterocycles. The molecule has 4 rings (SSSR count). The molecular weight excluding hydrogens is 600 g/mol. The Morgan fingerprint density at radius 1 is 0.936 bits per heavy atom. The fraction of sp³-hybridized carbons (Fsp3) is 0.371. The maximum Gasteiger partial charge on any atom is 0.411 e. The van der Waals surface area contributed by atoms with Gasteiger partial charge in [0.2, 0.25) is 11.8 Å². The summed E-state index contributed by atoms with van der Waals surface area (Å²) >= 11 is 0. The largest absolute Gasteiger partial charge is 0.436 e. The summed E-state index contributed by atoms with van der Waals surface area (Å²) in [6, 6.07) is 18.3. The number of nitrogens with zero attached hydrogens (tertiary/aromatic N) is 1. The molecule has 0 unspecified atom stereocenters. The predicted molar refractivity (Wildman–Crippen MR) is 179 cm³/mol. The number of nitrogens with two attached hydrogens (primary N) is 2. The van der Waals surface area contributed by atoms with Gasteiger partial charge >= 0.3 is 12.1 Å². The number of hydrogen-bond acceptors (Lipinski definition) is 7. The van der Waals surface area contributed by atoms with E-state index in [2.05, 4.69) is 16.0 Å². The number of hydrogen-bond donors (Lipinski definition) is 6. The van der Waals surface area contributed by atoms with Crippen LogP contribution >= 0.6 is 0 Å². The van der Waals surface area contributed by atoms with Crippen molar-refractivity contribution in [2.75, 3.05) is 18.4 Å². The molecule has 0 aromatic heterocycles. The second-order valence-corrected chi connectivity index (χ2v) is 11.8.